The largest absolute Gasteiger partial charge is 0.481 e. The fourth-order valence-corrected chi connectivity index (χ4v) is 3.97. The highest BCUT2D eigenvalue weighted by Gasteiger charge is 2.41. The van der Waals surface area contributed by atoms with Gasteiger partial charge in [-0.05, 0) is 42.2 Å². The molecule has 0 aliphatic carbocycles. The van der Waals surface area contributed by atoms with Crippen molar-refractivity contribution in [1.82, 2.24) is 0 Å². The second kappa shape index (κ2) is 6.82. The van der Waals surface area contributed by atoms with Crippen LogP contribution in [0, 0.1) is 18.3 Å². The van der Waals surface area contributed by atoms with E-state index >= 15 is 0 Å². The van der Waals surface area contributed by atoms with E-state index in [-0.39, 0.29) is 12.1 Å². The number of hydrogen-bond donors (Lipinski definition) is 1. The average Bonchev–Trinajstić information content (AvgIpc) is 3.16. The minimum absolute atomic E-state index is 0.185. The van der Waals surface area contributed by atoms with Crippen LogP contribution in [0.3, 0.4) is 0 Å². The van der Waals surface area contributed by atoms with Crippen molar-refractivity contribution in [3.05, 3.63) is 59.2 Å². The Hall–Kier alpha value is -2.44. The molecule has 0 radical (unpaired) electrons. The van der Waals surface area contributed by atoms with Gasteiger partial charge in [-0.15, -0.1) is 6.42 Å². The van der Waals surface area contributed by atoms with E-state index in [4.69, 9.17) is 15.9 Å². The summed E-state index contributed by atoms with van der Waals surface area (Å²) in [5.74, 6) is 3.76. The maximum absolute atomic E-state index is 6.12. The average molecular weight is 333 g/mol. The Morgan fingerprint density at radius 1 is 1.24 bits per heavy atom. The van der Waals surface area contributed by atoms with Crippen LogP contribution >= 0.6 is 0 Å². The molecule has 128 valence electrons. The van der Waals surface area contributed by atoms with Gasteiger partial charge in [0.25, 0.3) is 0 Å². The molecule has 0 spiro atoms. The molecule has 0 aromatic heterocycles. The van der Waals surface area contributed by atoms with Gasteiger partial charge in [0.1, 0.15) is 12.4 Å². The van der Waals surface area contributed by atoms with Crippen LogP contribution in [0.1, 0.15) is 42.2 Å². The highest BCUT2D eigenvalue weighted by atomic mass is 16.5. The van der Waals surface area contributed by atoms with E-state index in [1.807, 2.05) is 12.1 Å². The van der Waals surface area contributed by atoms with E-state index in [1.165, 1.54) is 22.4 Å². The standard InChI is InChI=1S/C22H23NO2/c1-3-12-24-17-8-6-16(7-9-17)21-18-11-13-25-22(18)19-14-15(4-2)5-10-20(19)23-21/h1,5-10,14,18,21-23H,4,11-13H2,2H3. The summed E-state index contributed by atoms with van der Waals surface area (Å²) in [5, 5.41) is 3.75. The number of nitrogens with one attached hydrogen (secondary N) is 1. The fraction of sp³-hybridized carbons (Fsp3) is 0.364. The summed E-state index contributed by atoms with van der Waals surface area (Å²) in [6.45, 7) is 3.32. The maximum Gasteiger partial charge on any atom is 0.148 e. The lowest BCUT2D eigenvalue weighted by Gasteiger charge is -2.36. The number of aryl methyl sites for hydroxylation is 1. The lowest BCUT2D eigenvalue weighted by atomic mass is 9.80. The van der Waals surface area contributed by atoms with Gasteiger partial charge in [-0.1, -0.05) is 37.1 Å². The molecule has 3 nitrogen and oxygen atoms in total. The zero-order chi connectivity index (χ0) is 17.2. The van der Waals surface area contributed by atoms with Crippen LogP contribution in [-0.2, 0) is 11.2 Å². The van der Waals surface area contributed by atoms with E-state index < -0.39 is 0 Å². The molecule has 2 aliphatic heterocycles. The molecule has 25 heavy (non-hydrogen) atoms. The van der Waals surface area contributed by atoms with E-state index in [0.29, 0.717) is 12.5 Å². The number of ether oxygens (including phenoxy) is 2. The predicted octanol–water partition coefficient (Wildman–Crippen LogP) is 4.51. The molecule has 1 saturated heterocycles. The second-order valence-electron chi connectivity index (χ2n) is 6.70. The van der Waals surface area contributed by atoms with E-state index in [1.54, 1.807) is 0 Å². The molecule has 2 heterocycles. The zero-order valence-electron chi connectivity index (χ0n) is 14.5. The van der Waals surface area contributed by atoms with Crippen molar-refractivity contribution in [2.24, 2.45) is 5.92 Å². The molecule has 4 rings (SSSR count). The van der Waals surface area contributed by atoms with Gasteiger partial charge in [0.2, 0.25) is 0 Å². The van der Waals surface area contributed by atoms with Gasteiger partial charge < -0.3 is 14.8 Å². The van der Waals surface area contributed by atoms with Crippen molar-refractivity contribution < 1.29 is 9.47 Å². The normalized spacial score (nSPS) is 23.9. The van der Waals surface area contributed by atoms with Crippen LogP contribution in [0.5, 0.6) is 5.75 Å². The third-order valence-corrected chi connectivity index (χ3v) is 5.27. The number of hydrogen-bond acceptors (Lipinski definition) is 3. The summed E-state index contributed by atoms with van der Waals surface area (Å²) >= 11 is 0. The summed E-state index contributed by atoms with van der Waals surface area (Å²) in [5.41, 5.74) is 5.13. The van der Waals surface area contributed by atoms with Gasteiger partial charge in [-0.2, -0.15) is 0 Å². The highest BCUT2D eigenvalue weighted by Crippen LogP contribution is 2.50. The van der Waals surface area contributed by atoms with Gasteiger partial charge in [0.05, 0.1) is 12.1 Å². The summed E-state index contributed by atoms with van der Waals surface area (Å²) in [6, 6.07) is 15.2. The summed E-state index contributed by atoms with van der Waals surface area (Å²) in [6.07, 6.45) is 7.56. The molecular formula is C22H23NO2. The number of benzene rings is 2. The van der Waals surface area contributed by atoms with Crippen molar-refractivity contribution in [3.8, 4) is 18.1 Å². The molecule has 0 saturated carbocycles. The van der Waals surface area contributed by atoms with Crippen molar-refractivity contribution >= 4 is 5.69 Å². The molecular weight excluding hydrogens is 310 g/mol. The van der Waals surface area contributed by atoms with Crippen LogP contribution in [0.2, 0.25) is 0 Å². The minimum Gasteiger partial charge on any atom is -0.481 e. The van der Waals surface area contributed by atoms with Crippen molar-refractivity contribution in [2.45, 2.75) is 31.9 Å². The third kappa shape index (κ3) is 2.99. The SMILES string of the molecule is C#CCOc1ccc(C2Nc3ccc(CC)cc3C3OCCC23)cc1. The van der Waals surface area contributed by atoms with Crippen molar-refractivity contribution in [2.75, 3.05) is 18.5 Å². The minimum atomic E-state index is 0.185. The van der Waals surface area contributed by atoms with Crippen LogP contribution in [0.25, 0.3) is 0 Å². The number of rotatable bonds is 4. The highest BCUT2D eigenvalue weighted by molar-refractivity contribution is 5.58. The number of terminal acetylenes is 1. The molecule has 2 aromatic rings. The van der Waals surface area contributed by atoms with Crippen molar-refractivity contribution in [3.63, 3.8) is 0 Å². The van der Waals surface area contributed by atoms with Gasteiger partial charge >= 0.3 is 0 Å². The Balaban J connectivity index is 1.63. The van der Waals surface area contributed by atoms with E-state index in [2.05, 4.69) is 48.5 Å². The monoisotopic (exact) mass is 333 g/mol. The summed E-state index contributed by atoms with van der Waals surface area (Å²) in [4.78, 5) is 0. The fourth-order valence-electron chi connectivity index (χ4n) is 3.97. The van der Waals surface area contributed by atoms with Crippen LogP contribution in [0.15, 0.2) is 42.5 Å². The molecule has 3 heteroatoms. The van der Waals surface area contributed by atoms with Gasteiger partial charge in [-0.25, -0.2) is 0 Å². The molecule has 2 aliphatic rings. The Bertz CT molecular complexity index is 791. The second-order valence-corrected chi connectivity index (χ2v) is 6.70. The molecule has 3 atom stereocenters. The lowest BCUT2D eigenvalue weighted by Crippen LogP contribution is -2.29. The van der Waals surface area contributed by atoms with E-state index in [0.717, 1.165) is 25.2 Å². The lowest BCUT2D eigenvalue weighted by molar-refractivity contribution is 0.0828. The first-order valence-corrected chi connectivity index (χ1v) is 8.97. The topological polar surface area (TPSA) is 30.5 Å². The van der Waals surface area contributed by atoms with Gasteiger partial charge in [0, 0.05) is 23.8 Å². The van der Waals surface area contributed by atoms with Gasteiger partial charge in [-0.3, -0.25) is 0 Å². The Morgan fingerprint density at radius 3 is 2.84 bits per heavy atom. The molecule has 1 fully saturated rings. The molecule has 0 amide bonds. The van der Waals surface area contributed by atoms with Crippen LogP contribution in [0.4, 0.5) is 5.69 Å². The summed E-state index contributed by atoms with van der Waals surface area (Å²) < 4.78 is 11.6. The molecule has 0 bridgehead atoms. The Kier molecular flexibility index (Phi) is 4.38. The van der Waals surface area contributed by atoms with Crippen molar-refractivity contribution in [1.29, 1.82) is 0 Å². The van der Waals surface area contributed by atoms with Crippen LogP contribution in [-0.4, -0.2) is 13.2 Å². The summed E-state index contributed by atoms with van der Waals surface area (Å²) in [7, 11) is 0. The molecule has 2 aromatic carbocycles. The van der Waals surface area contributed by atoms with Gasteiger partial charge in [0.15, 0.2) is 0 Å². The van der Waals surface area contributed by atoms with Crippen LogP contribution < -0.4 is 10.1 Å². The molecule has 3 unspecified atom stereocenters. The quantitative estimate of drug-likeness (QED) is 0.835. The first-order chi connectivity index (χ1) is 12.3. The Labute approximate surface area is 149 Å². The smallest absolute Gasteiger partial charge is 0.148 e. The van der Waals surface area contributed by atoms with E-state index in [9.17, 15) is 0 Å². The Morgan fingerprint density at radius 2 is 2.08 bits per heavy atom. The maximum atomic E-state index is 6.12. The first-order valence-electron chi connectivity index (χ1n) is 8.97. The zero-order valence-corrected chi connectivity index (χ0v) is 14.5. The number of fused-ring (bicyclic) bond motifs is 3. The third-order valence-electron chi connectivity index (χ3n) is 5.27. The number of anilines is 1. The predicted molar refractivity (Wildman–Crippen MR) is 99.8 cm³/mol. The molecule has 1 N–H and O–H groups in total. The first kappa shape index (κ1) is 16.1.